The Balaban J connectivity index is 1.29. The number of allylic oxidation sites excluding steroid dienone is 2. The van der Waals surface area contributed by atoms with Crippen LogP contribution in [0.5, 0.6) is 0 Å². The fourth-order valence-electron chi connectivity index (χ4n) is 4.75. The van der Waals surface area contributed by atoms with E-state index in [1.54, 1.807) is 11.2 Å². The van der Waals surface area contributed by atoms with E-state index in [1.807, 2.05) is 35.5 Å². The van der Waals surface area contributed by atoms with E-state index in [0.29, 0.717) is 23.1 Å². The molecule has 2 aliphatic heterocycles. The smallest absolute Gasteiger partial charge is 0.422 e. The molecule has 0 aromatic heterocycles. The van der Waals surface area contributed by atoms with Crippen molar-refractivity contribution >= 4 is 35.5 Å². The van der Waals surface area contributed by atoms with E-state index in [9.17, 15) is 9.90 Å². The summed E-state index contributed by atoms with van der Waals surface area (Å²) in [6, 6.07) is 5.62. The van der Waals surface area contributed by atoms with E-state index in [0.717, 1.165) is 44.3 Å². The Hall–Kier alpha value is -1.86. The second-order valence-corrected chi connectivity index (χ2v) is 8.82. The van der Waals surface area contributed by atoms with E-state index in [2.05, 4.69) is 16.4 Å². The van der Waals surface area contributed by atoms with Crippen LogP contribution in [-0.4, -0.2) is 59.7 Å². The molecule has 1 saturated heterocycles. The van der Waals surface area contributed by atoms with Crippen molar-refractivity contribution in [1.29, 1.82) is 0 Å². The monoisotopic (exact) mass is 448 g/mol. The molecular formula is C22H26Cl2N4O2. The molecule has 2 heterocycles. The number of halogens is 2. The molecule has 0 radical (unpaired) electrons. The summed E-state index contributed by atoms with van der Waals surface area (Å²) in [6.07, 6.45) is 10.6. The van der Waals surface area contributed by atoms with Gasteiger partial charge in [-0.2, -0.15) is 0 Å². The summed E-state index contributed by atoms with van der Waals surface area (Å²) in [5.41, 5.74) is 2.02. The van der Waals surface area contributed by atoms with Gasteiger partial charge in [-0.1, -0.05) is 35.3 Å². The van der Waals surface area contributed by atoms with Crippen LogP contribution in [0.25, 0.3) is 0 Å². The lowest BCUT2D eigenvalue weighted by atomic mass is 9.69. The normalized spacial score (nSPS) is 25.2. The molecule has 1 aromatic carbocycles. The molecular weight excluding hydrogens is 423 g/mol. The van der Waals surface area contributed by atoms with Crippen LogP contribution in [0.2, 0.25) is 10.0 Å². The molecule has 1 aliphatic carbocycles. The van der Waals surface area contributed by atoms with E-state index in [1.165, 1.54) is 5.57 Å². The number of nitrogens with one attached hydrogen (secondary N) is 1. The van der Waals surface area contributed by atoms with Crippen LogP contribution in [-0.2, 0) is 6.42 Å². The number of hydrogen-bond donors (Lipinski definition) is 2. The first kappa shape index (κ1) is 21.4. The molecule has 160 valence electrons. The highest BCUT2D eigenvalue weighted by Crippen LogP contribution is 2.47. The number of hydrazine groups is 1. The van der Waals surface area contributed by atoms with Crippen molar-refractivity contribution in [3.05, 3.63) is 57.7 Å². The van der Waals surface area contributed by atoms with Gasteiger partial charge < -0.3 is 10.4 Å². The minimum atomic E-state index is -0.881. The summed E-state index contributed by atoms with van der Waals surface area (Å²) in [5, 5.41) is 18.0. The molecule has 3 aliphatic rings. The first-order valence-corrected chi connectivity index (χ1v) is 11.1. The molecule has 1 fully saturated rings. The van der Waals surface area contributed by atoms with Crippen LogP contribution in [0.3, 0.4) is 0 Å². The fraction of sp³-hybridized carbons (Fsp3) is 0.455. The van der Waals surface area contributed by atoms with Gasteiger partial charge in [0, 0.05) is 25.5 Å². The van der Waals surface area contributed by atoms with Gasteiger partial charge >= 0.3 is 6.09 Å². The molecule has 2 N–H and O–H groups in total. The van der Waals surface area contributed by atoms with Gasteiger partial charge in [0.15, 0.2) is 0 Å². The van der Waals surface area contributed by atoms with Gasteiger partial charge in [0.1, 0.15) is 0 Å². The topological polar surface area (TPSA) is 68.2 Å². The van der Waals surface area contributed by atoms with Crippen molar-refractivity contribution in [3.8, 4) is 0 Å². The third-order valence-corrected chi connectivity index (χ3v) is 6.90. The van der Waals surface area contributed by atoms with Crippen LogP contribution in [0.4, 0.5) is 4.79 Å². The Labute approximate surface area is 186 Å². The van der Waals surface area contributed by atoms with Gasteiger partial charge in [-0.3, -0.25) is 4.99 Å². The molecule has 0 bridgehead atoms. The zero-order valence-corrected chi connectivity index (χ0v) is 18.2. The van der Waals surface area contributed by atoms with Gasteiger partial charge in [-0.05, 0) is 68.1 Å². The number of aliphatic imine (C=N–C) groups is 1. The van der Waals surface area contributed by atoms with E-state index < -0.39 is 6.09 Å². The highest BCUT2D eigenvalue weighted by Gasteiger charge is 2.55. The summed E-state index contributed by atoms with van der Waals surface area (Å²) in [6.45, 7) is 3.00. The molecule has 1 spiro atoms. The molecule has 2 atom stereocenters. The minimum absolute atomic E-state index is 0.0775. The zero-order valence-electron chi connectivity index (χ0n) is 16.7. The molecule has 8 heteroatoms. The van der Waals surface area contributed by atoms with Crippen molar-refractivity contribution in [1.82, 2.24) is 15.3 Å². The summed E-state index contributed by atoms with van der Waals surface area (Å²) < 4.78 is 0. The number of benzene rings is 1. The summed E-state index contributed by atoms with van der Waals surface area (Å²) in [4.78, 5) is 16.4. The van der Waals surface area contributed by atoms with Crippen molar-refractivity contribution < 1.29 is 9.90 Å². The Morgan fingerprint density at radius 1 is 1.30 bits per heavy atom. The van der Waals surface area contributed by atoms with E-state index in [-0.39, 0.29) is 11.5 Å². The Morgan fingerprint density at radius 2 is 2.17 bits per heavy atom. The van der Waals surface area contributed by atoms with Gasteiger partial charge in [0.05, 0.1) is 21.5 Å². The minimum Gasteiger partial charge on any atom is -0.464 e. The first-order chi connectivity index (χ1) is 14.5. The largest absolute Gasteiger partial charge is 0.464 e. The van der Waals surface area contributed by atoms with Gasteiger partial charge in [-0.25, -0.2) is 14.8 Å². The average Bonchev–Trinajstić information content (AvgIpc) is 3.05. The SMILES string of the molecule is O=C(O)N1C2CCC=C3C=CN=CC32CN1CCCNCCc1ccc(Cl)c(Cl)c1. The van der Waals surface area contributed by atoms with E-state index in [4.69, 9.17) is 23.2 Å². The Morgan fingerprint density at radius 3 is 2.97 bits per heavy atom. The highest BCUT2D eigenvalue weighted by atomic mass is 35.5. The van der Waals surface area contributed by atoms with Crippen molar-refractivity contribution in [2.45, 2.75) is 31.7 Å². The lowest BCUT2D eigenvalue weighted by molar-refractivity contribution is 0.00608. The molecule has 30 heavy (non-hydrogen) atoms. The molecule has 1 amide bonds. The molecule has 0 saturated carbocycles. The number of amides is 1. The Bertz CT molecular complexity index is 901. The number of carboxylic acid groups (broad SMARTS) is 1. The standard InChI is InChI=1S/C22H26Cl2N4O2/c23-18-6-5-16(13-19(18)24)7-10-25-9-2-12-27-15-22-14-26-11-8-17(22)3-1-4-20(22)28(27)21(29)30/h3,5-6,8,11,13-14,20,25H,1-2,4,7,9-10,12,15H2,(H,29,30). The number of carbonyl (C=O) groups is 1. The maximum absolute atomic E-state index is 12.0. The highest BCUT2D eigenvalue weighted by molar-refractivity contribution is 6.42. The Kier molecular flexibility index (Phi) is 6.48. The third-order valence-electron chi connectivity index (χ3n) is 6.17. The average molecular weight is 449 g/mol. The van der Waals surface area contributed by atoms with Crippen molar-refractivity contribution in [2.24, 2.45) is 10.4 Å². The number of nitrogens with zero attached hydrogens (tertiary/aromatic N) is 3. The lowest BCUT2D eigenvalue weighted by Crippen LogP contribution is -2.48. The second kappa shape index (κ2) is 9.10. The summed E-state index contributed by atoms with van der Waals surface area (Å²) in [7, 11) is 0. The fourth-order valence-corrected chi connectivity index (χ4v) is 5.07. The molecule has 4 rings (SSSR count). The number of rotatable bonds is 7. The van der Waals surface area contributed by atoms with Gasteiger partial charge in [-0.15, -0.1) is 0 Å². The predicted octanol–water partition coefficient (Wildman–Crippen LogP) is 4.40. The predicted molar refractivity (Wildman–Crippen MR) is 120 cm³/mol. The second-order valence-electron chi connectivity index (χ2n) is 8.00. The molecule has 6 nitrogen and oxygen atoms in total. The van der Waals surface area contributed by atoms with Crippen molar-refractivity contribution in [3.63, 3.8) is 0 Å². The summed E-state index contributed by atoms with van der Waals surface area (Å²) in [5.74, 6) is 0. The molecule has 2 unspecified atom stereocenters. The van der Waals surface area contributed by atoms with Crippen LogP contribution in [0.1, 0.15) is 24.8 Å². The van der Waals surface area contributed by atoms with Gasteiger partial charge in [0.2, 0.25) is 0 Å². The van der Waals surface area contributed by atoms with Gasteiger partial charge in [0.25, 0.3) is 0 Å². The zero-order chi connectivity index (χ0) is 21.1. The van der Waals surface area contributed by atoms with Crippen molar-refractivity contribution in [2.75, 3.05) is 26.2 Å². The van der Waals surface area contributed by atoms with Crippen LogP contribution < -0.4 is 5.32 Å². The third kappa shape index (κ3) is 4.14. The maximum Gasteiger partial charge on any atom is 0.422 e. The van der Waals surface area contributed by atoms with E-state index >= 15 is 0 Å². The molecule has 1 aromatic rings. The quantitative estimate of drug-likeness (QED) is 0.606. The van der Waals surface area contributed by atoms with Crippen LogP contribution >= 0.6 is 23.2 Å². The van der Waals surface area contributed by atoms with Crippen LogP contribution in [0, 0.1) is 5.41 Å². The lowest BCUT2D eigenvalue weighted by Gasteiger charge is -2.38. The summed E-state index contributed by atoms with van der Waals surface area (Å²) >= 11 is 12.0. The van der Waals surface area contributed by atoms with Crippen LogP contribution in [0.15, 0.2) is 47.1 Å². The first-order valence-electron chi connectivity index (χ1n) is 10.3. The number of hydrogen-bond acceptors (Lipinski definition) is 4. The maximum atomic E-state index is 12.0.